The molecule has 6 rings (SSSR count). The maximum absolute atomic E-state index is 12.7. The molecule has 0 radical (unpaired) electrons. The second-order valence-corrected chi connectivity index (χ2v) is 15.6. The van der Waals surface area contributed by atoms with E-state index in [2.05, 4.69) is 13.8 Å². The summed E-state index contributed by atoms with van der Waals surface area (Å²) in [5, 5.41) is 12.7. The van der Waals surface area contributed by atoms with Gasteiger partial charge in [0.1, 0.15) is 18.8 Å². The normalized spacial score (nSPS) is 46.7. The van der Waals surface area contributed by atoms with Gasteiger partial charge in [0, 0.05) is 45.3 Å². The molecule has 2 heterocycles. The average Bonchev–Trinajstić information content (AvgIpc) is 3.54. The molecule has 14 unspecified atom stereocenters. The third-order valence-corrected chi connectivity index (χ3v) is 13.1. The van der Waals surface area contributed by atoms with Crippen LogP contribution >= 0.6 is 0 Å². The van der Waals surface area contributed by atoms with Crippen molar-refractivity contribution in [2.24, 2.45) is 34.5 Å². The lowest BCUT2D eigenvalue weighted by molar-refractivity contribution is -0.318. The molecule has 1 N–H and O–H groups in total. The number of ether oxygens (including phenoxy) is 7. The summed E-state index contributed by atoms with van der Waals surface area (Å²) in [5.41, 5.74) is -0.837. The fourth-order valence-corrected chi connectivity index (χ4v) is 11.1. The third-order valence-electron chi connectivity index (χ3n) is 13.1. The molecule has 0 aromatic heterocycles. The smallest absolute Gasteiger partial charge is 0.331 e. The van der Waals surface area contributed by atoms with Gasteiger partial charge in [-0.1, -0.05) is 13.8 Å². The molecule has 14 atom stereocenters. The number of fused-ring (bicyclic) bond motifs is 5. The third kappa shape index (κ3) is 5.88. The summed E-state index contributed by atoms with van der Waals surface area (Å²) >= 11 is 0. The van der Waals surface area contributed by atoms with E-state index >= 15 is 0 Å². The van der Waals surface area contributed by atoms with Crippen LogP contribution in [-0.4, -0.2) is 91.2 Å². The minimum Gasteiger partial charge on any atom is -0.462 e. The maximum atomic E-state index is 12.7. The second kappa shape index (κ2) is 13.0. The van der Waals surface area contributed by atoms with Crippen molar-refractivity contribution in [1.29, 1.82) is 0 Å². The number of carbonyl (C=O) groups excluding carboxylic acids is 4. The lowest BCUT2D eigenvalue weighted by atomic mass is 9.42. The monoisotopic (exact) mass is 676 g/mol. The molecular formula is C36H52O12. The molecule has 268 valence electrons. The van der Waals surface area contributed by atoms with E-state index in [9.17, 15) is 24.3 Å². The van der Waals surface area contributed by atoms with Crippen LogP contribution in [0.25, 0.3) is 0 Å². The number of cyclic esters (lactones) is 1. The topological polar surface area (TPSA) is 153 Å². The van der Waals surface area contributed by atoms with Gasteiger partial charge in [-0.05, 0) is 87.0 Å². The van der Waals surface area contributed by atoms with Gasteiger partial charge >= 0.3 is 23.9 Å². The van der Waals surface area contributed by atoms with Crippen LogP contribution in [0.5, 0.6) is 0 Å². The first-order chi connectivity index (χ1) is 22.6. The van der Waals surface area contributed by atoms with Gasteiger partial charge in [-0.2, -0.15) is 0 Å². The van der Waals surface area contributed by atoms with Crippen molar-refractivity contribution < 1.29 is 57.4 Å². The van der Waals surface area contributed by atoms with Crippen molar-refractivity contribution in [3.63, 3.8) is 0 Å². The number of aliphatic hydroxyl groups is 1. The van der Waals surface area contributed by atoms with Crippen LogP contribution in [0.3, 0.4) is 0 Å². The Morgan fingerprint density at radius 1 is 0.917 bits per heavy atom. The summed E-state index contributed by atoms with van der Waals surface area (Å²) in [5.74, 6) is -1.60. The Morgan fingerprint density at radius 3 is 2.23 bits per heavy atom. The second-order valence-electron chi connectivity index (χ2n) is 15.6. The van der Waals surface area contributed by atoms with Crippen LogP contribution in [0.2, 0.25) is 0 Å². The molecular weight excluding hydrogens is 624 g/mol. The van der Waals surface area contributed by atoms with Crippen LogP contribution in [0.1, 0.15) is 92.9 Å². The SMILES string of the molecule is COC1C(OC(C)=O)C(C)OC(OC2CCC3(C)C(CCC4C3C(OC(C)=O)CC3(C)C(C5=CC(=O)OC5)CCC43O)C2)C1OC(C)=O. The predicted molar refractivity (Wildman–Crippen MR) is 168 cm³/mol. The summed E-state index contributed by atoms with van der Waals surface area (Å²) < 4.78 is 41.1. The zero-order valence-corrected chi connectivity index (χ0v) is 29.2. The van der Waals surface area contributed by atoms with E-state index in [0.29, 0.717) is 19.3 Å². The van der Waals surface area contributed by atoms with Crippen LogP contribution in [0, 0.1) is 34.5 Å². The number of hydrogen-bond acceptors (Lipinski definition) is 12. The molecule has 48 heavy (non-hydrogen) atoms. The Hall–Kier alpha value is -2.54. The van der Waals surface area contributed by atoms with Crippen LogP contribution in [0.15, 0.2) is 11.6 Å². The lowest BCUT2D eigenvalue weighted by Crippen LogP contribution is -2.67. The number of carbonyl (C=O) groups is 4. The van der Waals surface area contributed by atoms with E-state index in [1.165, 1.54) is 27.9 Å². The average molecular weight is 677 g/mol. The van der Waals surface area contributed by atoms with Gasteiger partial charge in [-0.25, -0.2) is 4.79 Å². The molecule has 12 nitrogen and oxygen atoms in total. The minimum absolute atomic E-state index is 0.0259. The Bertz CT molecular complexity index is 1330. The quantitative estimate of drug-likeness (QED) is 0.237. The van der Waals surface area contributed by atoms with Crippen molar-refractivity contribution in [3.05, 3.63) is 11.6 Å². The summed E-state index contributed by atoms with van der Waals surface area (Å²) in [6, 6.07) is 0. The van der Waals surface area contributed by atoms with Crippen molar-refractivity contribution in [2.45, 2.75) is 141 Å². The van der Waals surface area contributed by atoms with E-state index in [1.807, 2.05) is 0 Å². The molecule has 0 amide bonds. The van der Waals surface area contributed by atoms with Gasteiger partial charge in [0.25, 0.3) is 0 Å². The highest BCUT2D eigenvalue weighted by molar-refractivity contribution is 5.85. The highest BCUT2D eigenvalue weighted by Gasteiger charge is 2.71. The Labute approximate surface area is 282 Å². The van der Waals surface area contributed by atoms with E-state index in [0.717, 1.165) is 37.7 Å². The molecule has 4 saturated carbocycles. The molecule has 6 aliphatic rings. The first-order valence-corrected chi connectivity index (χ1v) is 17.6. The zero-order valence-electron chi connectivity index (χ0n) is 29.2. The summed E-state index contributed by atoms with van der Waals surface area (Å²) in [4.78, 5) is 48.6. The molecule has 0 aromatic rings. The zero-order chi connectivity index (χ0) is 34.8. The minimum atomic E-state index is -0.968. The van der Waals surface area contributed by atoms with Crippen molar-refractivity contribution in [3.8, 4) is 0 Å². The van der Waals surface area contributed by atoms with Crippen LogP contribution in [0.4, 0.5) is 0 Å². The summed E-state index contributed by atoms with van der Waals surface area (Å²) in [6.45, 7) is 10.5. The van der Waals surface area contributed by atoms with Crippen molar-refractivity contribution in [2.75, 3.05) is 13.7 Å². The van der Waals surface area contributed by atoms with E-state index in [1.54, 1.807) is 13.0 Å². The van der Waals surface area contributed by atoms with Gasteiger partial charge in [-0.3, -0.25) is 14.4 Å². The number of hydrogen-bond donors (Lipinski definition) is 1. The van der Waals surface area contributed by atoms with Gasteiger partial charge < -0.3 is 38.3 Å². The molecule has 5 fully saturated rings. The first-order valence-electron chi connectivity index (χ1n) is 17.6. The van der Waals surface area contributed by atoms with Gasteiger partial charge in [0.05, 0.1) is 17.8 Å². The van der Waals surface area contributed by atoms with Crippen molar-refractivity contribution in [1.82, 2.24) is 0 Å². The van der Waals surface area contributed by atoms with Gasteiger partial charge in [-0.15, -0.1) is 0 Å². The number of rotatable bonds is 7. The van der Waals surface area contributed by atoms with E-state index in [4.69, 9.17) is 33.2 Å². The fraction of sp³-hybridized carbons (Fsp3) is 0.833. The maximum Gasteiger partial charge on any atom is 0.331 e. The largest absolute Gasteiger partial charge is 0.462 e. The Morgan fingerprint density at radius 2 is 1.60 bits per heavy atom. The first kappa shape index (κ1) is 35.3. The fourth-order valence-electron chi connectivity index (χ4n) is 11.1. The Kier molecular flexibility index (Phi) is 9.54. The molecule has 0 bridgehead atoms. The van der Waals surface area contributed by atoms with Gasteiger partial charge in [0.15, 0.2) is 18.5 Å². The predicted octanol–water partition coefficient (Wildman–Crippen LogP) is 3.79. The number of esters is 4. The van der Waals surface area contributed by atoms with Crippen molar-refractivity contribution >= 4 is 23.9 Å². The van der Waals surface area contributed by atoms with Crippen LogP contribution < -0.4 is 0 Å². The molecule has 1 saturated heterocycles. The van der Waals surface area contributed by atoms with E-state index < -0.39 is 53.7 Å². The van der Waals surface area contributed by atoms with Crippen LogP contribution in [-0.2, 0) is 52.3 Å². The Balaban J connectivity index is 1.23. The molecule has 2 aliphatic heterocycles. The summed E-state index contributed by atoms with van der Waals surface area (Å²) in [6.07, 6.45) is 2.78. The molecule has 12 heteroatoms. The highest BCUT2D eigenvalue weighted by atomic mass is 16.7. The van der Waals surface area contributed by atoms with E-state index in [-0.39, 0.29) is 59.8 Å². The number of methoxy groups -OCH3 is 1. The van der Waals surface area contributed by atoms with Gasteiger partial charge in [0.2, 0.25) is 0 Å². The highest BCUT2D eigenvalue weighted by Crippen LogP contribution is 2.70. The molecule has 0 spiro atoms. The standard InChI is InChI=1S/C36H52O12/c1-18-30(46-20(3)38)31(42-7)32(47-21(4)39)33(44-18)48-24-10-12-34(5)23(15-24)8-9-26-29(34)27(45-19(2)37)16-35(6)25(11-13-36(26,35)41)22-14-28(40)43-17-22/h14,18,23-27,29-33,41H,8-13,15-17H2,1-7H3. The molecule has 0 aromatic carbocycles. The summed E-state index contributed by atoms with van der Waals surface area (Å²) in [7, 11) is 1.48. The lowest BCUT2D eigenvalue weighted by Gasteiger charge is -2.65. The molecule has 4 aliphatic carbocycles.